The van der Waals surface area contributed by atoms with Gasteiger partial charge in [-0.15, -0.1) is 0 Å². The number of hydrogen-bond donors (Lipinski definition) is 1. The predicted molar refractivity (Wildman–Crippen MR) is 74.4 cm³/mol. The molecular formula is C14H12N2O7. The van der Waals surface area contributed by atoms with Crippen LogP contribution in [0.4, 0.5) is 5.69 Å². The van der Waals surface area contributed by atoms with E-state index in [-0.39, 0.29) is 30.4 Å². The van der Waals surface area contributed by atoms with E-state index in [4.69, 9.17) is 9.47 Å². The van der Waals surface area contributed by atoms with Gasteiger partial charge < -0.3 is 14.6 Å². The van der Waals surface area contributed by atoms with Crippen molar-refractivity contribution >= 4 is 17.6 Å². The molecule has 1 aromatic rings. The lowest BCUT2D eigenvalue weighted by Crippen LogP contribution is -2.54. The maximum atomic E-state index is 11.4. The number of amides is 1. The maximum Gasteiger partial charge on any atom is 0.334 e. The highest BCUT2D eigenvalue weighted by molar-refractivity contribution is 5.91. The molecule has 1 N–H and O–H groups in total. The Balaban J connectivity index is 1.64. The number of ether oxygens (including phenoxy) is 2. The summed E-state index contributed by atoms with van der Waals surface area (Å²) in [6.45, 7) is 0.0195. The minimum absolute atomic E-state index is 0.0195. The first kappa shape index (κ1) is 14.8. The third-order valence-corrected chi connectivity index (χ3v) is 3.58. The average molecular weight is 320 g/mol. The van der Waals surface area contributed by atoms with E-state index in [2.05, 4.69) is 0 Å². The smallest absolute Gasteiger partial charge is 0.334 e. The Morgan fingerprint density at radius 2 is 2.17 bits per heavy atom. The van der Waals surface area contributed by atoms with E-state index >= 15 is 0 Å². The Morgan fingerprint density at radius 1 is 1.48 bits per heavy atom. The van der Waals surface area contributed by atoms with E-state index in [9.17, 15) is 24.8 Å². The lowest BCUT2D eigenvalue weighted by Gasteiger charge is -2.33. The molecule has 2 heterocycles. The highest BCUT2D eigenvalue weighted by Gasteiger charge is 2.53. The normalized spacial score (nSPS) is 23.9. The lowest BCUT2D eigenvalue weighted by molar-refractivity contribution is -0.384. The molecule has 1 unspecified atom stereocenters. The Bertz CT molecular complexity index is 698. The number of nitrogens with zero attached hydrogens (tertiary/aromatic N) is 2. The van der Waals surface area contributed by atoms with E-state index in [1.165, 1.54) is 35.2 Å². The van der Waals surface area contributed by atoms with Crippen molar-refractivity contribution in [1.82, 2.24) is 4.90 Å². The monoisotopic (exact) mass is 320 g/mol. The van der Waals surface area contributed by atoms with Gasteiger partial charge in [0.05, 0.1) is 11.3 Å². The van der Waals surface area contributed by atoms with Crippen LogP contribution in [0.3, 0.4) is 0 Å². The maximum absolute atomic E-state index is 11.4. The molecule has 0 spiro atoms. The van der Waals surface area contributed by atoms with Crippen molar-refractivity contribution in [2.75, 3.05) is 6.61 Å². The number of fused-ring (bicyclic) bond motifs is 1. The highest BCUT2D eigenvalue weighted by Crippen LogP contribution is 2.36. The number of carboxylic acids is 1. The van der Waals surface area contributed by atoms with Crippen LogP contribution in [0, 0.1) is 10.1 Å². The van der Waals surface area contributed by atoms with Gasteiger partial charge >= 0.3 is 5.97 Å². The fourth-order valence-corrected chi connectivity index (χ4v) is 2.45. The van der Waals surface area contributed by atoms with E-state index in [1.54, 1.807) is 0 Å². The van der Waals surface area contributed by atoms with Crippen molar-refractivity contribution in [2.24, 2.45) is 0 Å². The Morgan fingerprint density at radius 3 is 2.74 bits per heavy atom. The van der Waals surface area contributed by atoms with E-state index < -0.39 is 23.2 Å². The molecule has 0 aromatic heterocycles. The lowest BCUT2D eigenvalue weighted by atomic mass is 10.1. The summed E-state index contributed by atoms with van der Waals surface area (Å²) in [5, 5.41) is 19.7. The number of aliphatic carboxylic acids is 1. The quantitative estimate of drug-likeness (QED) is 0.486. The molecule has 1 amide bonds. The molecule has 0 saturated carbocycles. The van der Waals surface area contributed by atoms with E-state index in [0.717, 1.165) is 0 Å². The second-order valence-electron chi connectivity index (χ2n) is 4.99. The molecule has 1 aromatic carbocycles. The fourth-order valence-electron chi connectivity index (χ4n) is 2.45. The summed E-state index contributed by atoms with van der Waals surface area (Å²) >= 11 is 0. The molecule has 9 nitrogen and oxygen atoms in total. The largest absolute Gasteiger partial charge is 0.489 e. The number of nitro benzene ring substituents is 1. The SMILES string of the molecule is O=C(O)[C@H]1/C(=C/COc2ccc([N+](=O)[O-])cc2)OC2CC(=O)N21. The molecule has 0 bridgehead atoms. The fraction of sp³-hybridized carbons (Fsp3) is 0.286. The zero-order valence-corrected chi connectivity index (χ0v) is 11.7. The minimum Gasteiger partial charge on any atom is -0.489 e. The van der Waals surface area contributed by atoms with E-state index in [0.29, 0.717) is 5.75 Å². The van der Waals surface area contributed by atoms with Gasteiger partial charge in [0.2, 0.25) is 5.91 Å². The van der Waals surface area contributed by atoms with Gasteiger partial charge in [0.1, 0.15) is 18.1 Å². The summed E-state index contributed by atoms with van der Waals surface area (Å²) in [5.41, 5.74) is -0.0522. The summed E-state index contributed by atoms with van der Waals surface area (Å²) < 4.78 is 10.8. The van der Waals surface area contributed by atoms with Crippen molar-refractivity contribution in [2.45, 2.75) is 18.7 Å². The summed E-state index contributed by atoms with van der Waals surface area (Å²) in [7, 11) is 0. The number of rotatable bonds is 5. The second kappa shape index (κ2) is 5.59. The molecule has 2 aliphatic heterocycles. The predicted octanol–water partition coefficient (Wildman–Crippen LogP) is 0.899. The third kappa shape index (κ3) is 2.68. The molecule has 0 radical (unpaired) electrons. The molecule has 23 heavy (non-hydrogen) atoms. The standard InChI is InChI=1S/C14H12N2O7/c17-11-7-12-15(11)13(14(18)19)10(23-12)5-6-22-9-3-1-8(2-4-9)16(20)21/h1-5,12-13H,6-7H2,(H,18,19)/b10-5-/t12?,13-/m1/s1. The molecular weight excluding hydrogens is 308 g/mol. The first-order valence-electron chi connectivity index (χ1n) is 6.75. The molecule has 120 valence electrons. The third-order valence-electron chi connectivity index (χ3n) is 3.58. The number of benzene rings is 1. The van der Waals surface area contributed by atoms with Crippen molar-refractivity contribution in [3.05, 3.63) is 46.2 Å². The number of β-lactam (4-membered cyclic amide) rings is 1. The Kier molecular flexibility index (Phi) is 3.61. The van der Waals surface area contributed by atoms with Crippen LogP contribution in [0.5, 0.6) is 5.75 Å². The van der Waals surface area contributed by atoms with Crippen molar-refractivity contribution in [3.8, 4) is 5.75 Å². The summed E-state index contributed by atoms with van der Waals surface area (Å²) in [6, 6.07) is 4.37. The van der Waals surface area contributed by atoms with Gasteiger partial charge in [-0.25, -0.2) is 4.79 Å². The highest BCUT2D eigenvalue weighted by atomic mass is 16.6. The van der Waals surface area contributed by atoms with Crippen LogP contribution in [-0.4, -0.2) is 45.7 Å². The molecule has 9 heteroatoms. The molecule has 0 aliphatic carbocycles. The summed E-state index contributed by atoms with van der Waals surface area (Å²) in [6.07, 6.45) is 1.10. The van der Waals surface area contributed by atoms with Crippen molar-refractivity contribution in [1.29, 1.82) is 0 Å². The summed E-state index contributed by atoms with van der Waals surface area (Å²) in [5.74, 6) is -0.865. The molecule has 2 saturated heterocycles. The van der Waals surface area contributed by atoms with Crippen LogP contribution in [0.25, 0.3) is 0 Å². The number of carbonyl (C=O) groups excluding carboxylic acids is 1. The molecule has 2 fully saturated rings. The van der Waals surface area contributed by atoms with Crippen LogP contribution in [-0.2, 0) is 14.3 Å². The molecule has 2 aliphatic rings. The first-order valence-corrected chi connectivity index (χ1v) is 6.75. The molecule has 2 atom stereocenters. The van der Waals surface area contributed by atoms with Crippen LogP contribution < -0.4 is 4.74 Å². The topological polar surface area (TPSA) is 119 Å². The van der Waals surface area contributed by atoms with Gasteiger partial charge in [0, 0.05) is 12.1 Å². The second-order valence-corrected chi connectivity index (χ2v) is 4.99. The van der Waals surface area contributed by atoms with Gasteiger partial charge in [0.15, 0.2) is 12.3 Å². The van der Waals surface area contributed by atoms with Gasteiger partial charge in [-0.1, -0.05) is 0 Å². The van der Waals surface area contributed by atoms with Crippen molar-refractivity contribution < 1.29 is 29.1 Å². The van der Waals surface area contributed by atoms with Crippen LogP contribution >= 0.6 is 0 Å². The number of carboxylic acid groups (broad SMARTS) is 1. The van der Waals surface area contributed by atoms with Gasteiger partial charge in [-0.05, 0) is 18.2 Å². The minimum atomic E-state index is -1.16. The van der Waals surface area contributed by atoms with Gasteiger partial charge in [-0.2, -0.15) is 0 Å². The zero-order valence-electron chi connectivity index (χ0n) is 11.7. The Hall–Kier alpha value is -3.10. The molecule has 3 rings (SSSR count). The average Bonchev–Trinajstić information content (AvgIpc) is 2.80. The number of hydrogen-bond acceptors (Lipinski definition) is 6. The number of carbonyl (C=O) groups is 2. The number of nitro groups is 1. The Labute approximate surface area is 129 Å². The van der Waals surface area contributed by atoms with E-state index in [1.807, 2.05) is 0 Å². The number of non-ortho nitro benzene ring substituents is 1. The van der Waals surface area contributed by atoms with Crippen LogP contribution in [0.2, 0.25) is 0 Å². The van der Waals surface area contributed by atoms with Crippen LogP contribution in [0.15, 0.2) is 36.1 Å². The van der Waals surface area contributed by atoms with Gasteiger partial charge in [0.25, 0.3) is 5.69 Å². The first-order chi connectivity index (χ1) is 11.0. The van der Waals surface area contributed by atoms with Crippen molar-refractivity contribution in [3.63, 3.8) is 0 Å². The van der Waals surface area contributed by atoms with Crippen LogP contribution in [0.1, 0.15) is 6.42 Å². The van der Waals surface area contributed by atoms with Gasteiger partial charge in [-0.3, -0.25) is 19.8 Å². The summed E-state index contributed by atoms with van der Waals surface area (Å²) in [4.78, 5) is 33.9. The zero-order chi connectivity index (χ0) is 16.6.